The number of imidazole rings is 1. The fourth-order valence-corrected chi connectivity index (χ4v) is 3.36. The molecule has 1 atom stereocenters. The van der Waals surface area contributed by atoms with Crippen LogP contribution in [-0.2, 0) is 24.1 Å². The lowest BCUT2D eigenvalue weighted by Gasteiger charge is -2.16. The summed E-state index contributed by atoms with van der Waals surface area (Å²) in [7, 11) is 1.61. The van der Waals surface area contributed by atoms with Crippen molar-refractivity contribution in [1.82, 2.24) is 20.4 Å². The third kappa shape index (κ3) is 3.22. The highest BCUT2D eigenvalue weighted by atomic mass is 16.5. The van der Waals surface area contributed by atoms with E-state index in [2.05, 4.69) is 20.4 Å². The van der Waals surface area contributed by atoms with Gasteiger partial charge >= 0.3 is 5.97 Å². The first-order chi connectivity index (χ1) is 13.6. The molecular formula is C19H18N4O5. The van der Waals surface area contributed by atoms with E-state index in [1.54, 1.807) is 7.11 Å². The predicted octanol–water partition coefficient (Wildman–Crippen LogP) is 1.60. The lowest BCUT2D eigenvalue weighted by molar-refractivity contribution is -0.139. The molecule has 2 heterocycles. The van der Waals surface area contributed by atoms with Gasteiger partial charge in [0.15, 0.2) is 11.5 Å². The van der Waals surface area contributed by atoms with Gasteiger partial charge in [-0.3, -0.25) is 4.79 Å². The molecule has 9 heteroatoms. The van der Waals surface area contributed by atoms with Gasteiger partial charge in [-0.15, -0.1) is 0 Å². The number of nitrogens with zero attached hydrogens (tertiary/aromatic N) is 2. The average molecular weight is 382 g/mol. The van der Waals surface area contributed by atoms with E-state index in [0.717, 1.165) is 16.9 Å². The van der Waals surface area contributed by atoms with Crippen LogP contribution in [0.1, 0.15) is 27.3 Å². The second-order valence-electron chi connectivity index (χ2n) is 6.51. The number of carboxylic acid groups (broad SMARTS) is 1. The standard InChI is InChI=1S/C19H18N4O5/c1-27-12-3-5-13-10(6-12)2-4-14-16(23-28-17(13)14)18(24)22-15(19(25)26)7-11-8-20-9-21-11/h3,5-6,8-9,15H,2,4,7H2,1H3,(H,20,21)(H,22,24)(H,25,26)/t15-/m0/s1. The van der Waals surface area contributed by atoms with E-state index >= 15 is 0 Å². The number of rotatable bonds is 6. The fourth-order valence-electron chi connectivity index (χ4n) is 3.36. The van der Waals surface area contributed by atoms with Crippen molar-refractivity contribution < 1.29 is 24.0 Å². The maximum Gasteiger partial charge on any atom is 0.326 e. The summed E-state index contributed by atoms with van der Waals surface area (Å²) in [5.41, 5.74) is 3.32. The minimum atomic E-state index is -1.14. The molecule has 1 aliphatic rings. The van der Waals surface area contributed by atoms with Crippen LogP contribution in [0.25, 0.3) is 11.3 Å². The number of carboxylic acids is 1. The number of ether oxygens (including phenoxy) is 1. The Kier molecular flexibility index (Phi) is 4.56. The first-order valence-corrected chi connectivity index (χ1v) is 8.73. The van der Waals surface area contributed by atoms with Gasteiger partial charge in [-0.05, 0) is 36.6 Å². The quantitative estimate of drug-likeness (QED) is 0.590. The number of hydrogen-bond acceptors (Lipinski definition) is 6. The molecule has 144 valence electrons. The Labute approximate surface area is 159 Å². The largest absolute Gasteiger partial charge is 0.497 e. The molecule has 1 aliphatic carbocycles. The summed E-state index contributed by atoms with van der Waals surface area (Å²) in [6.45, 7) is 0. The van der Waals surface area contributed by atoms with Gasteiger partial charge in [-0.1, -0.05) is 5.16 Å². The second-order valence-corrected chi connectivity index (χ2v) is 6.51. The number of aromatic nitrogens is 3. The second kappa shape index (κ2) is 7.18. The van der Waals surface area contributed by atoms with Crippen LogP contribution in [0.3, 0.4) is 0 Å². The molecule has 1 aromatic carbocycles. The highest BCUT2D eigenvalue weighted by Crippen LogP contribution is 2.37. The van der Waals surface area contributed by atoms with Crippen LogP contribution < -0.4 is 10.1 Å². The van der Waals surface area contributed by atoms with Crippen LogP contribution in [0.15, 0.2) is 35.2 Å². The number of methoxy groups -OCH3 is 1. The number of carbonyl (C=O) groups excluding carboxylic acids is 1. The molecule has 0 fully saturated rings. The number of aromatic amines is 1. The van der Waals surface area contributed by atoms with Crippen molar-refractivity contribution in [2.45, 2.75) is 25.3 Å². The zero-order valence-corrected chi connectivity index (χ0v) is 15.1. The Morgan fingerprint density at radius 1 is 1.39 bits per heavy atom. The van der Waals surface area contributed by atoms with Gasteiger partial charge in [0.25, 0.3) is 5.91 Å². The van der Waals surface area contributed by atoms with Gasteiger partial charge in [-0.25, -0.2) is 9.78 Å². The molecule has 0 aliphatic heterocycles. The van der Waals surface area contributed by atoms with Crippen molar-refractivity contribution in [3.63, 3.8) is 0 Å². The highest BCUT2D eigenvalue weighted by molar-refractivity contribution is 5.97. The first kappa shape index (κ1) is 17.8. The lowest BCUT2D eigenvalue weighted by atomic mass is 9.89. The number of fused-ring (bicyclic) bond motifs is 3. The monoisotopic (exact) mass is 382 g/mol. The van der Waals surface area contributed by atoms with Crippen LogP contribution in [0.5, 0.6) is 5.75 Å². The Morgan fingerprint density at radius 2 is 2.25 bits per heavy atom. The van der Waals surface area contributed by atoms with Gasteiger partial charge in [0.2, 0.25) is 0 Å². The van der Waals surface area contributed by atoms with Crippen LogP contribution in [0.4, 0.5) is 0 Å². The number of benzene rings is 1. The Balaban J connectivity index is 1.58. The molecular weight excluding hydrogens is 364 g/mol. The molecule has 1 amide bonds. The van der Waals surface area contributed by atoms with E-state index in [0.29, 0.717) is 29.9 Å². The van der Waals surface area contributed by atoms with Crippen molar-refractivity contribution in [2.75, 3.05) is 7.11 Å². The van der Waals surface area contributed by atoms with Gasteiger partial charge in [0, 0.05) is 29.4 Å². The smallest absolute Gasteiger partial charge is 0.326 e. The lowest BCUT2D eigenvalue weighted by Crippen LogP contribution is -2.42. The summed E-state index contributed by atoms with van der Waals surface area (Å²) in [4.78, 5) is 30.9. The highest BCUT2D eigenvalue weighted by Gasteiger charge is 2.30. The van der Waals surface area contributed by atoms with Crippen LogP contribution >= 0.6 is 0 Å². The molecule has 4 rings (SSSR count). The normalized spacial score (nSPS) is 13.3. The molecule has 0 spiro atoms. The van der Waals surface area contributed by atoms with Crippen molar-refractivity contribution in [3.05, 3.63) is 53.2 Å². The minimum Gasteiger partial charge on any atom is -0.497 e. The number of aryl methyl sites for hydroxylation is 1. The maximum atomic E-state index is 12.7. The molecule has 0 radical (unpaired) electrons. The summed E-state index contributed by atoms with van der Waals surface area (Å²) in [6, 6.07) is 4.52. The number of hydrogen-bond donors (Lipinski definition) is 3. The van der Waals surface area contributed by atoms with E-state index in [4.69, 9.17) is 9.26 Å². The van der Waals surface area contributed by atoms with Gasteiger partial charge in [0.05, 0.1) is 13.4 Å². The maximum absolute atomic E-state index is 12.7. The van der Waals surface area contributed by atoms with E-state index in [1.165, 1.54) is 12.5 Å². The third-order valence-corrected chi connectivity index (χ3v) is 4.79. The third-order valence-electron chi connectivity index (χ3n) is 4.79. The van der Waals surface area contributed by atoms with Gasteiger partial charge in [0.1, 0.15) is 11.8 Å². The molecule has 0 saturated carbocycles. The van der Waals surface area contributed by atoms with E-state index in [1.807, 2.05) is 18.2 Å². The molecule has 3 aromatic rings. The molecule has 3 N–H and O–H groups in total. The summed E-state index contributed by atoms with van der Waals surface area (Å²) < 4.78 is 10.7. The van der Waals surface area contributed by atoms with Crippen molar-refractivity contribution in [1.29, 1.82) is 0 Å². The van der Waals surface area contributed by atoms with Gasteiger partial charge in [-0.2, -0.15) is 0 Å². The molecule has 0 saturated heterocycles. The molecule has 2 aromatic heterocycles. The van der Waals surface area contributed by atoms with Crippen molar-refractivity contribution in [3.8, 4) is 17.1 Å². The summed E-state index contributed by atoms with van der Waals surface area (Å²) in [5.74, 6) is -0.427. The Bertz CT molecular complexity index is 1030. The minimum absolute atomic E-state index is 0.0870. The fraction of sp³-hybridized carbons (Fsp3) is 0.263. The zero-order valence-electron chi connectivity index (χ0n) is 15.1. The van der Waals surface area contributed by atoms with Crippen molar-refractivity contribution in [2.24, 2.45) is 0 Å². The number of amides is 1. The topological polar surface area (TPSA) is 130 Å². The van der Waals surface area contributed by atoms with E-state index in [9.17, 15) is 14.7 Å². The number of nitrogens with one attached hydrogen (secondary N) is 2. The number of carbonyl (C=O) groups is 2. The van der Waals surface area contributed by atoms with E-state index < -0.39 is 17.9 Å². The van der Waals surface area contributed by atoms with Crippen molar-refractivity contribution >= 4 is 11.9 Å². The summed E-state index contributed by atoms with van der Waals surface area (Å²) in [6.07, 6.45) is 4.34. The summed E-state index contributed by atoms with van der Waals surface area (Å²) >= 11 is 0. The molecule has 0 bridgehead atoms. The zero-order chi connectivity index (χ0) is 19.7. The number of aliphatic carboxylic acids is 1. The molecule has 9 nitrogen and oxygen atoms in total. The Morgan fingerprint density at radius 3 is 2.96 bits per heavy atom. The van der Waals surface area contributed by atoms with E-state index in [-0.39, 0.29) is 12.1 Å². The Hall–Kier alpha value is -3.62. The van der Waals surface area contributed by atoms with Crippen LogP contribution in [0.2, 0.25) is 0 Å². The number of H-pyrrole nitrogens is 1. The average Bonchev–Trinajstić information content (AvgIpc) is 3.36. The predicted molar refractivity (Wildman–Crippen MR) is 97.1 cm³/mol. The SMILES string of the molecule is COc1ccc2c(c1)CCc1c(C(=O)N[C@@H](Cc3cnc[nH]3)C(=O)O)noc1-2. The molecule has 28 heavy (non-hydrogen) atoms. The van der Waals surface area contributed by atoms with Crippen LogP contribution in [-0.4, -0.2) is 45.3 Å². The van der Waals surface area contributed by atoms with Gasteiger partial charge < -0.3 is 24.7 Å². The summed E-state index contributed by atoms with van der Waals surface area (Å²) in [5, 5.41) is 15.9. The van der Waals surface area contributed by atoms with Crippen LogP contribution in [0, 0.1) is 0 Å². The first-order valence-electron chi connectivity index (χ1n) is 8.73. The molecule has 0 unspecified atom stereocenters.